The van der Waals surface area contributed by atoms with Crippen molar-refractivity contribution in [3.05, 3.63) is 28.3 Å². The number of hydrogen-bond acceptors (Lipinski definition) is 5. The first-order chi connectivity index (χ1) is 9.90. The Balaban J connectivity index is 2.13. The zero-order valence-electron chi connectivity index (χ0n) is 11.0. The molecule has 0 saturated heterocycles. The van der Waals surface area contributed by atoms with Gasteiger partial charge in [-0.2, -0.15) is 0 Å². The Morgan fingerprint density at radius 2 is 1.95 bits per heavy atom. The summed E-state index contributed by atoms with van der Waals surface area (Å²) >= 11 is 0. The maximum absolute atomic E-state index is 12.1. The topological polar surface area (TPSA) is 130 Å². The molecule has 1 aromatic rings. The molecule has 2 rings (SSSR count). The molecule has 0 heterocycles. The number of benzene rings is 1. The summed E-state index contributed by atoms with van der Waals surface area (Å²) in [5, 5.41) is 31.7. The van der Waals surface area contributed by atoms with Crippen LogP contribution in [-0.2, 0) is 9.59 Å². The first kappa shape index (κ1) is 14.8. The van der Waals surface area contributed by atoms with Gasteiger partial charge in [-0.1, -0.05) is 6.42 Å². The molecule has 1 saturated carbocycles. The highest BCUT2D eigenvalue weighted by Gasteiger charge is 2.37. The third kappa shape index (κ3) is 3.10. The average molecular weight is 294 g/mol. The summed E-state index contributed by atoms with van der Waals surface area (Å²) in [4.78, 5) is 33.0. The standard InChI is InChI=1S/C13H14N2O6/c16-11-6-7(15(20)21)4-5-10(11)14-12(17)8-2-1-3-9(8)13(18)19/h4-6,8-9,16H,1-3H2,(H,14,17)(H,18,19). The van der Waals surface area contributed by atoms with Crippen LogP contribution in [0.1, 0.15) is 19.3 Å². The van der Waals surface area contributed by atoms with Crippen LogP contribution in [0.25, 0.3) is 0 Å². The summed E-state index contributed by atoms with van der Waals surface area (Å²) in [7, 11) is 0. The first-order valence-corrected chi connectivity index (χ1v) is 6.41. The van der Waals surface area contributed by atoms with Gasteiger partial charge in [-0.15, -0.1) is 0 Å². The molecule has 112 valence electrons. The molecule has 0 radical (unpaired) electrons. The summed E-state index contributed by atoms with van der Waals surface area (Å²) in [6, 6.07) is 3.30. The number of nitro groups is 1. The van der Waals surface area contributed by atoms with Gasteiger partial charge in [0.25, 0.3) is 5.69 Å². The van der Waals surface area contributed by atoms with Crippen molar-refractivity contribution in [1.29, 1.82) is 0 Å². The van der Waals surface area contributed by atoms with Crippen LogP contribution in [0, 0.1) is 22.0 Å². The number of carbonyl (C=O) groups is 2. The number of nitrogens with one attached hydrogen (secondary N) is 1. The van der Waals surface area contributed by atoms with Crippen LogP contribution in [0.2, 0.25) is 0 Å². The van der Waals surface area contributed by atoms with Crippen molar-refractivity contribution in [3.8, 4) is 5.75 Å². The molecule has 8 heteroatoms. The maximum Gasteiger partial charge on any atom is 0.307 e. The average Bonchev–Trinajstić information content (AvgIpc) is 2.90. The minimum absolute atomic E-state index is 0.0293. The number of carboxylic acids is 1. The molecule has 1 aliphatic rings. The molecule has 0 bridgehead atoms. The lowest BCUT2D eigenvalue weighted by Gasteiger charge is -2.16. The van der Waals surface area contributed by atoms with Crippen molar-refractivity contribution in [2.75, 3.05) is 5.32 Å². The number of carbonyl (C=O) groups excluding carboxylic acids is 1. The molecule has 0 spiro atoms. The van der Waals surface area contributed by atoms with E-state index in [0.717, 1.165) is 12.1 Å². The number of nitro benzene ring substituents is 1. The lowest BCUT2D eigenvalue weighted by molar-refractivity contribution is -0.384. The summed E-state index contributed by atoms with van der Waals surface area (Å²) < 4.78 is 0. The van der Waals surface area contributed by atoms with Crippen molar-refractivity contribution < 1.29 is 24.7 Å². The Morgan fingerprint density at radius 3 is 2.52 bits per heavy atom. The highest BCUT2D eigenvalue weighted by Crippen LogP contribution is 2.34. The molecule has 0 aromatic heterocycles. The van der Waals surface area contributed by atoms with Gasteiger partial charge in [-0.25, -0.2) is 0 Å². The van der Waals surface area contributed by atoms with Crippen LogP contribution < -0.4 is 5.32 Å². The normalized spacial score (nSPS) is 21.0. The highest BCUT2D eigenvalue weighted by atomic mass is 16.6. The first-order valence-electron chi connectivity index (χ1n) is 6.41. The van der Waals surface area contributed by atoms with E-state index in [4.69, 9.17) is 5.11 Å². The molecule has 1 aromatic carbocycles. The van der Waals surface area contributed by atoms with Gasteiger partial charge in [0.15, 0.2) is 0 Å². The third-order valence-electron chi connectivity index (χ3n) is 3.62. The van der Waals surface area contributed by atoms with Gasteiger partial charge in [0.2, 0.25) is 5.91 Å². The van der Waals surface area contributed by atoms with Gasteiger partial charge >= 0.3 is 5.97 Å². The Morgan fingerprint density at radius 1 is 1.29 bits per heavy atom. The Bertz CT molecular complexity index is 600. The van der Waals surface area contributed by atoms with Gasteiger partial charge in [0, 0.05) is 6.07 Å². The summed E-state index contributed by atoms with van der Waals surface area (Å²) in [5.74, 6) is -3.32. The second-order valence-corrected chi connectivity index (χ2v) is 4.93. The number of phenolic OH excluding ortho intramolecular Hbond substituents is 1. The molecule has 8 nitrogen and oxygen atoms in total. The van der Waals surface area contributed by atoms with Crippen LogP contribution in [0.3, 0.4) is 0 Å². The van der Waals surface area contributed by atoms with Gasteiger partial charge in [0.05, 0.1) is 28.5 Å². The Kier molecular flexibility index (Phi) is 4.06. The zero-order valence-corrected chi connectivity index (χ0v) is 11.0. The fourth-order valence-corrected chi connectivity index (χ4v) is 2.53. The number of carboxylic acid groups (broad SMARTS) is 1. The molecular formula is C13H14N2O6. The Labute approximate surface area is 119 Å². The highest BCUT2D eigenvalue weighted by molar-refractivity contribution is 5.96. The molecule has 3 N–H and O–H groups in total. The number of hydrogen-bond donors (Lipinski definition) is 3. The van der Waals surface area contributed by atoms with Crippen LogP contribution >= 0.6 is 0 Å². The largest absolute Gasteiger partial charge is 0.506 e. The number of phenols is 1. The molecule has 2 atom stereocenters. The van der Waals surface area contributed by atoms with E-state index in [1.54, 1.807) is 0 Å². The Hall–Kier alpha value is -2.64. The van der Waals surface area contributed by atoms with Crippen molar-refractivity contribution >= 4 is 23.3 Å². The number of non-ortho nitro benzene ring substituents is 1. The lowest BCUT2D eigenvalue weighted by atomic mass is 9.95. The number of anilines is 1. The SMILES string of the molecule is O=C(O)C1CCCC1C(=O)Nc1ccc([N+](=O)[O-])cc1O. The van der Waals surface area contributed by atoms with Crippen molar-refractivity contribution in [2.45, 2.75) is 19.3 Å². The number of amides is 1. The molecule has 21 heavy (non-hydrogen) atoms. The van der Waals surface area contributed by atoms with E-state index in [1.165, 1.54) is 6.07 Å². The number of aliphatic carboxylic acids is 1. The molecule has 0 aliphatic heterocycles. The van der Waals surface area contributed by atoms with Crippen LogP contribution in [0.4, 0.5) is 11.4 Å². The van der Waals surface area contributed by atoms with E-state index >= 15 is 0 Å². The summed E-state index contributed by atoms with van der Waals surface area (Å²) in [5.41, 5.74) is -0.267. The second kappa shape index (κ2) is 5.78. The summed E-state index contributed by atoms with van der Waals surface area (Å²) in [6.07, 6.45) is 1.57. The van der Waals surface area contributed by atoms with Gasteiger partial charge in [-0.05, 0) is 18.9 Å². The lowest BCUT2D eigenvalue weighted by Crippen LogP contribution is -2.30. The van der Waals surface area contributed by atoms with Gasteiger partial charge in [-0.3, -0.25) is 19.7 Å². The molecule has 1 aliphatic carbocycles. The van der Waals surface area contributed by atoms with E-state index in [2.05, 4.69) is 5.32 Å². The van der Waals surface area contributed by atoms with Crippen molar-refractivity contribution in [1.82, 2.24) is 0 Å². The van der Waals surface area contributed by atoms with Crippen LogP contribution in [0.15, 0.2) is 18.2 Å². The van der Waals surface area contributed by atoms with Crippen LogP contribution in [0.5, 0.6) is 5.75 Å². The van der Waals surface area contributed by atoms with Crippen LogP contribution in [-0.4, -0.2) is 27.0 Å². The number of nitrogens with zero attached hydrogens (tertiary/aromatic N) is 1. The van der Waals surface area contributed by atoms with E-state index in [9.17, 15) is 24.8 Å². The van der Waals surface area contributed by atoms with E-state index < -0.39 is 34.4 Å². The predicted molar refractivity (Wildman–Crippen MR) is 71.9 cm³/mol. The second-order valence-electron chi connectivity index (χ2n) is 4.93. The predicted octanol–water partition coefficient (Wildman–Crippen LogP) is 1.74. The molecule has 2 unspecified atom stereocenters. The van der Waals surface area contributed by atoms with Crippen molar-refractivity contribution in [2.24, 2.45) is 11.8 Å². The zero-order chi connectivity index (χ0) is 15.6. The van der Waals surface area contributed by atoms with Gasteiger partial charge in [0.1, 0.15) is 5.75 Å². The maximum atomic E-state index is 12.1. The minimum atomic E-state index is -1.01. The van der Waals surface area contributed by atoms with Crippen molar-refractivity contribution in [3.63, 3.8) is 0 Å². The third-order valence-corrected chi connectivity index (χ3v) is 3.62. The van der Waals surface area contributed by atoms with E-state index in [0.29, 0.717) is 19.3 Å². The van der Waals surface area contributed by atoms with E-state index in [1.807, 2.05) is 0 Å². The molecular weight excluding hydrogens is 280 g/mol. The van der Waals surface area contributed by atoms with Gasteiger partial charge < -0.3 is 15.5 Å². The minimum Gasteiger partial charge on any atom is -0.506 e. The fraction of sp³-hybridized carbons (Fsp3) is 0.385. The monoisotopic (exact) mass is 294 g/mol. The fourth-order valence-electron chi connectivity index (χ4n) is 2.53. The molecule has 1 amide bonds. The smallest absolute Gasteiger partial charge is 0.307 e. The quantitative estimate of drug-likeness (QED) is 0.440. The van der Waals surface area contributed by atoms with E-state index in [-0.39, 0.29) is 11.4 Å². The summed E-state index contributed by atoms with van der Waals surface area (Å²) in [6.45, 7) is 0. The number of rotatable bonds is 4. The molecule has 1 fully saturated rings. The number of aromatic hydroxyl groups is 1.